The second-order valence-corrected chi connectivity index (χ2v) is 5.67. The molecule has 2 aromatic rings. The van der Waals surface area contributed by atoms with Crippen LogP contribution >= 0.6 is 23.1 Å². The van der Waals surface area contributed by atoms with Crippen LogP contribution in [0.25, 0.3) is 10.6 Å². The molecule has 17 heavy (non-hydrogen) atoms. The lowest BCUT2D eigenvalue weighted by atomic mass is 10.2. The number of nitrogens with zero attached hydrogens (tertiary/aromatic N) is 1. The summed E-state index contributed by atoms with van der Waals surface area (Å²) in [5.41, 5.74) is 7.84. The summed E-state index contributed by atoms with van der Waals surface area (Å²) < 4.78 is 0. The van der Waals surface area contributed by atoms with Crippen LogP contribution in [0.15, 0.2) is 35.7 Å². The van der Waals surface area contributed by atoms with Crippen molar-refractivity contribution in [1.29, 1.82) is 0 Å². The van der Waals surface area contributed by atoms with E-state index < -0.39 is 0 Å². The Morgan fingerprint density at radius 1 is 1.24 bits per heavy atom. The van der Waals surface area contributed by atoms with Crippen molar-refractivity contribution in [2.75, 3.05) is 12.3 Å². The number of hydrogen-bond acceptors (Lipinski definition) is 4. The van der Waals surface area contributed by atoms with Crippen LogP contribution < -0.4 is 5.73 Å². The fourth-order valence-corrected chi connectivity index (χ4v) is 3.25. The minimum atomic E-state index is 0.777. The summed E-state index contributed by atoms with van der Waals surface area (Å²) in [6.45, 7) is 0.777. The Morgan fingerprint density at radius 3 is 2.82 bits per heavy atom. The zero-order chi connectivity index (χ0) is 11.9. The molecule has 0 aliphatic carbocycles. The minimum absolute atomic E-state index is 0.777. The quantitative estimate of drug-likeness (QED) is 0.813. The van der Waals surface area contributed by atoms with E-state index in [0.29, 0.717) is 0 Å². The summed E-state index contributed by atoms with van der Waals surface area (Å²) in [7, 11) is 0. The summed E-state index contributed by atoms with van der Waals surface area (Å²) in [5, 5.41) is 3.26. The highest BCUT2D eigenvalue weighted by atomic mass is 32.2. The van der Waals surface area contributed by atoms with Gasteiger partial charge in [0, 0.05) is 16.7 Å². The van der Waals surface area contributed by atoms with E-state index in [1.807, 2.05) is 30.0 Å². The van der Waals surface area contributed by atoms with Gasteiger partial charge < -0.3 is 5.73 Å². The molecule has 0 saturated carbocycles. The number of thiazole rings is 1. The number of benzene rings is 1. The normalized spacial score (nSPS) is 10.6. The van der Waals surface area contributed by atoms with Gasteiger partial charge in [-0.15, -0.1) is 11.3 Å². The average Bonchev–Trinajstić information content (AvgIpc) is 2.85. The topological polar surface area (TPSA) is 38.9 Å². The van der Waals surface area contributed by atoms with Gasteiger partial charge in [0.05, 0.1) is 5.69 Å². The van der Waals surface area contributed by atoms with Gasteiger partial charge in [-0.1, -0.05) is 30.3 Å². The highest BCUT2D eigenvalue weighted by molar-refractivity contribution is 7.98. The van der Waals surface area contributed by atoms with E-state index in [1.165, 1.54) is 11.3 Å². The molecule has 0 saturated heterocycles. The van der Waals surface area contributed by atoms with Gasteiger partial charge in [-0.3, -0.25) is 0 Å². The van der Waals surface area contributed by atoms with E-state index in [9.17, 15) is 0 Å². The molecule has 0 aliphatic heterocycles. The van der Waals surface area contributed by atoms with Crippen molar-refractivity contribution in [3.63, 3.8) is 0 Å². The summed E-state index contributed by atoms with van der Waals surface area (Å²) in [5.74, 6) is 2.11. The number of hydrogen-bond donors (Lipinski definition) is 1. The first-order valence-electron chi connectivity index (χ1n) is 5.68. The second-order valence-electron chi connectivity index (χ2n) is 3.70. The Bertz CT molecular complexity index is 440. The molecule has 4 heteroatoms. The van der Waals surface area contributed by atoms with Crippen molar-refractivity contribution >= 4 is 23.1 Å². The minimum Gasteiger partial charge on any atom is -0.330 e. The predicted octanol–water partition coefficient (Wildman–Crippen LogP) is 3.39. The lowest BCUT2D eigenvalue weighted by Crippen LogP contribution is -1.99. The molecule has 0 aliphatic rings. The molecular formula is C13H16N2S2. The Balaban J connectivity index is 1.92. The molecule has 0 fully saturated rings. The molecule has 1 aromatic carbocycles. The van der Waals surface area contributed by atoms with Crippen molar-refractivity contribution in [2.24, 2.45) is 5.73 Å². The zero-order valence-corrected chi connectivity index (χ0v) is 11.3. The molecule has 0 spiro atoms. The highest BCUT2D eigenvalue weighted by Gasteiger charge is 2.03. The smallest absolute Gasteiger partial charge is 0.123 e. The Kier molecular flexibility index (Phi) is 5.04. The first kappa shape index (κ1) is 12.6. The van der Waals surface area contributed by atoms with Gasteiger partial charge in [0.25, 0.3) is 0 Å². The van der Waals surface area contributed by atoms with Gasteiger partial charge in [-0.25, -0.2) is 4.98 Å². The molecule has 90 valence electrons. The lowest BCUT2D eigenvalue weighted by Gasteiger charge is -1.97. The molecule has 1 heterocycles. The van der Waals surface area contributed by atoms with E-state index in [0.717, 1.165) is 29.5 Å². The van der Waals surface area contributed by atoms with Crippen molar-refractivity contribution in [1.82, 2.24) is 4.98 Å². The lowest BCUT2D eigenvalue weighted by molar-refractivity contribution is 0.942. The molecule has 0 amide bonds. The predicted molar refractivity (Wildman–Crippen MR) is 77.4 cm³/mol. The molecule has 1 aromatic heterocycles. The van der Waals surface area contributed by atoms with E-state index >= 15 is 0 Å². The molecular weight excluding hydrogens is 248 g/mol. The summed E-state index contributed by atoms with van der Waals surface area (Å²) in [6.07, 6.45) is 1.08. The second kappa shape index (κ2) is 6.79. The third-order valence-corrected chi connectivity index (χ3v) is 4.33. The summed E-state index contributed by atoms with van der Waals surface area (Å²) in [6, 6.07) is 10.3. The fourth-order valence-electron chi connectivity index (χ4n) is 1.45. The van der Waals surface area contributed by atoms with Crippen LogP contribution in [0.4, 0.5) is 0 Å². The number of aromatic nitrogens is 1. The zero-order valence-electron chi connectivity index (χ0n) is 9.63. The van der Waals surface area contributed by atoms with Gasteiger partial charge in [0.1, 0.15) is 5.01 Å². The largest absolute Gasteiger partial charge is 0.330 e. The molecule has 2 N–H and O–H groups in total. The maximum absolute atomic E-state index is 5.46. The van der Waals surface area contributed by atoms with E-state index in [1.54, 1.807) is 11.3 Å². The number of nitrogens with two attached hydrogens (primary N) is 1. The number of thioether (sulfide) groups is 1. The van der Waals surface area contributed by atoms with E-state index in [4.69, 9.17) is 5.73 Å². The first-order chi connectivity index (χ1) is 8.40. The SMILES string of the molecule is NCCCSCc1csc(-c2ccccc2)n1. The van der Waals surface area contributed by atoms with Crippen molar-refractivity contribution in [2.45, 2.75) is 12.2 Å². The Hall–Kier alpha value is -0.840. The van der Waals surface area contributed by atoms with Crippen LogP contribution in [-0.2, 0) is 5.75 Å². The summed E-state index contributed by atoms with van der Waals surface area (Å²) in [4.78, 5) is 4.64. The molecule has 0 unspecified atom stereocenters. The van der Waals surface area contributed by atoms with Crippen molar-refractivity contribution in [3.05, 3.63) is 41.4 Å². The van der Waals surface area contributed by atoms with Gasteiger partial charge in [-0.05, 0) is 18.7 Å². The van der Waals surface area contributed by atoms with E-state index in [2.05, 4.69) is 22.5 Å². The van der Waals surface area contributed by atoms with Crippen LogP contribution in [-0.4, -0.2) is 17.3 Å². The molecule has 0 bridgehead atoms. The summed E-state index contributed by atoms with van der Waals surface area (Å²) >= 11 is 3.62. The van der Waals surface area contributed by atoms with Crippen LogP contribution in [0.3, 0.4) is 0 Å². The Morgan fingerprint density at radius 2 is 2.06 bits per heavy atom. The van der Waals surface area contributed by atoms with Crippen LogP contribution in [0.5, 0.6) is 0 Å². The third-order valence-electron chi connectivity index (χ3n) is 2.32. The molecule has 0 radical (unpaired) electrons. The Labute approximate surface area is 110 Å². The maximum atomic E-state index is 5.46. The van der Waals surface area contributed by atoms with Crippen LogP contribution in [0.1, 0.15) is 12.1 Å². The third kappa shape index (κ3) is 3.84. The van der Waals surface area contributed by atoms with Crippen LogP contribution in [0, 0.1) is 0 Å². The average molecular weight is 264 g/mol. The van der Waals surface area contributed by atoms with Crippen LogP contribution in [0.2, 0.25) is 0 Å². The van der Waals surface area contributed by atoms with Gasteiger partial charge in [-0.2, -0.15) is 11.8 Å². The standard InChI is InChI=1S/C13H16N2S2/c14-7-4-8-16-9-12-10-17-13(15-12)11-5-2-1-3-6-11/h1-3,5-6,10H,4,7-9,14H2. The fraction of sp³-hybridized carbons (Fsp3) is 0.308. The highest BCUT2D eigenvalue weighted by Crippen LogP contribution is 2.25. The van der Waals surface area contributed by atoms with E-state index in [-0.39, 0.29) is 0 Å². The van der Waals surface area contributed by atoms with Gasteiger partial charge in [0.15, 0.2) is 0 Å². The molecule has 0 atom stereocenters. The van der Waals surface area contributed by atoms with Crippen molar-refractivity contribution < 1.29 is 0 Å². The first-order valence-corrected chi connectivity index (χ1v) is 7.71. The van der Waals surface area contributed by atoms with Gasteiger partial charge >= 0.3 is 0 Å². The van der Waals surface area contributed by atoms with Gasteiger partial charge in [0.2, 0.25) is 0 Å². The molecule has 2 rings (SSSR count). The monoisotopic (exact) mass is 264 g/mol. The van der Waals surface area contributed by atoms with Crippen molar-refractivity contribution in [3.8, 4) is 10.6 Å². The number of rotatable bonds is 6. The molecule has 2 nitrogen and oxygen atoms in total. The maximum Gasteiger partial charge on any atom is 0.123 e.